The Balaban J connectivity index is 1.81. The van der Waals surface area contributed by atoms with Crippen LogP contribution in [0.25, 0.3) is 9.40 Å². The zero-order valence-electron chi connectivity index (χ0n) is 11.8. The van der Waals surface area contributed by atoms with E-state index in [4.69, 9.17) is 0 Å². The molecule has 2 aromatic heterocycles. The van der Waals surface area contributed by atoms with Crippen LogP contribution in [0.2, 0.25) is 0 Å². The van der Waals surface area contributed by atoms with Gasteiger partial charge in [0.2, 0.25) is 0 Å². The minimum Gasteiger partial charge on any atom is -0.309 e. The van der Waals surface area contributed by atoms with Crippen molar-refractivity contribution in [2.24, 2.45) is 11.8 Å². The average molecular weight is 294 g/mol. The van der Waals surface area contributed by atoms with E-state index in [0.29, 0.717) is 6.04 Å². The van der Waals surface area contributed by atoms with E-state index in [1.165, 1.54) is 35.1 Å². The van der Waals surface area contributed by atoms with Gasteiger partial charge in [-0.2, -0.15) is 0 Å². The van der Waals surface area contributed by atoms with E-state index in [-0.39, 0.29) is 0 Å². The molecule has 1 unspecified atom stereocenters. The summed E-state index contributed by atoms with van der Waals surface area (Å²) in [5, 5.41) is 5.95. The van der Waals surface area contributed by atoms with Gasteiger partial charge in [0.1, 0.15) is 0 Å². The van der Waals surface area contributed by atoms with Crippen LogP contribution in [0.4, 0.5) is 0 Å². The molecule has 3 rings (SSSR count). The summed E-state index contributed by atoms with van der Waals surface area (Å²) in [6.07, 6.45) is 5.60. The third kappa shape index (κ3) is 2.88. The van der Waals surface area contributed by atoms with Gasteiger partial charge in [-0.05, 0) is 48.7 Å². The second-order valence-corrected chi connectivity index (χ2v) is 7.92. The van der Waals surface area contributed by atoms with Crippen molar-refractivity contribution in [3.63, 3.8) is 0 Å². The van der Waals surface area contributed by atoms with Gasteiger partial charge in [0.15, 0.2) is 0 Å². The standard InChI is InChI=1S/C16H23NS2/c1-3-17-16(12-6-4-11(2)5-7-12)15-10-14-13(19-15)8-9-18-14/h8-12,16-17H,3-7H2,1-2H3. The second-order valence-electron chi connectivity index (χ2n) is 5.85. The largest absolute Gasteiger partial charge is 0.309 e. The van der Waals surface area contributed by atoms with E-state index < -0.39 is 0 Å². The van der Waals surface area contributed by atoms with Crippen LogP contribution in [0, 0.1) is 11.8 Å². The topological polar surface area (TPSA) is 12.0 Å². The quantitative estimate of drug-likeness (QED) is 0.791. The maximum Gasteiger partial charge on any atom is 0.0454 e. The molecule has 0 radical (unpaired) electrons. The number of rotatable bonds is 4. The highest BCUT2D eigenvalue weighted by Gasteiger charge is 2.27. The summed E-state index contributed by atoms with van der Waals surface area (Å²) in [4.78, 5) is 1.56. The molecule has 104 valence electrons. The number of thiophene rings is 2. The van der Waals surface area contributed by atoms with Gasteiger partial charge in [-0.25, -0.2) is 0 Å². The van der Waals surface area contributed by atoms with E-state index in [1.54, 1.807) is 4.88 Å². The predicted molar refractivity (Wildman–Crippen MR) is 87.2 cm³/mol. The van der Waals surface area contributed by atoms with Gasteiger partial charge in [-0.15, -0.1) is 22.7 Å². The lowest BCUT2D eigenvalue weighted by atomic mass is 9.79. The minimum atomic E-state index is 0.585. The van der Waals surface area contributed by atoms with Crippen LogP contribution in [0.1, 0.15) is 50.4 Å². The van der Waals surface area contributed by atoms with Crippen molar-refractivity contribution >= 4 is 32.1 Å². The fraction of sp³-hybridized carbons (Fsp3) is 0.625. The van der Waals surface area contributed by atoms with Gasteiger partial charge < -0.3 is 5.32 Å². The predicted octanol–water partition coefficient (Wildman–Crippen LogP) is 5.44. The molecule has 1 fully saturated rings. The van der Waals surface area contributed by atoms with E-state index in [0.717, 1.165) is 18.4 Å². The molecule has 0 bridgehead atoms. The minimum absolute atomic E-state index is 0.585. The fourth-order valence-corrected chi connectivity index (χ4v) is 5.57. The van der Waals surface area contributed by atoms with Gasteiger partial charge in [0.05, 0.1) is 0 Å². The molecule has 0 amide bonds. The molecule has 1 aliphatic rings. The smallest absolute Gasteiger partial charge is 0.0454 e. The van der Waals surface area contributed by atoms with E-state index >= 15 is 0 Å². The number of hydrogen-bond acceptors (Lipinski definition) is 3. The van der Waals surface area contributed by atoms with Gasteiger partial charge in [-0.1, -0.05) is 26.7 Å². The first-order valence-corrected chi connectivity index (χ1v) is 9.18. The van der Waals surface area contributed by atoms with Crippen LogP contribution in [0.5, 0.6) is 0 Å². The number of fused-ring (bicyclic) bond motifs is 1. The molecular formula is C16H23NS2. The first kappa shape index (κ1) is 13.6. The molecule has 1 nitrogen and oxygen atoms in total. The van der Waals surface area contributed by atoms with Crippen molar-refractivity contribution in [2.45, 2.75) is 45.6 Å². The highest BCUT2D eigenvalue weighted by atomic mass is 32.1. The molecule has 1 atom stereocenters. The van der Waals surface area contributed by atoms with Crippen molar-refractivity contribution in [2.75, 3.05) is 6.54 Å². The van der Waals surface area contributed by atoms with Crippen LogP contribution in [-0.2, 0) is 0 Å². The van der Waals surface area contributed by atoms with Crippen LogP contribution >= 0.6 is 22.7 Å². The molecule has 0 spiro atoms. The Morgan fingerprint density at radius 1 is 1.26 bits per heavy atom. The van der Waals surface area contributed by atoms with Gasteiger partial charge in [-0.3, -0.25) is 0 Å². The molecule has 1 N–H and O–H groups in total. The Kier molecular flexibility index (Phi) is 4.25. The summed E-state index contributed by atoms with van der Waals surface area (Å²) in [5.41, 5.74) is 0. The van der Waals surface area contributed by atoms with Gasteiger partial charge >= 0.3 is 0 Å². The molecule has 0 saturated heterocycles. The van der Waals surface area contributed by atoms with Crippen molar-refractivity contribution in [3.8, 4) is 0 Å². The molecule has 1 saturated carbocycles. The lowest BCUT2D eigenvalue weighted by Gasteiger charge is -2.32. The van der Waals surface area contributed by atoms with Crippen molar-refractivity contribution < 1.29 is 0 Å². The summed E-state index contributed by atoms with van der Waals surface area (Å²) in [5.74, 6) is 1.77. The number of hydrogen-bond donors (Lipinski definition) is 1. The van der Waals surface area contributed by atoms with Gasteiger partial charge in [0.25, 0.3) is 0 Å². The van der Waals surface area contributed by atoms with Crippen LogP contribution in [0.15, 0.2) is 17.5 Å². The third-order valence-corrected chi connectivity index (χ3v) is 6.60. The van der Waals surface area contributed by atoms with E-state index in [1.807, 2.05) is 22.7 Å². The molecule has 3 heteroatoms. The Labute approximate surface area is 124 Å². The first-order valence-electron chi connectivity index (χ1n) is 7.48. The van der Waals surface area contributed by atoms with E-state index in [2.05, 4.69) is 36.7 Å². The highest BCUT2D eigenvalue weighted by molar-refractivity contribution is 7.26. The number of nitrogens with one attached hydrogen (secondary N) is 1. The Morgan fingerprint density at radius 2 is 2.05 bits per heavy atom. The van der Waals surface area contributed by atoms with Crippen LogP contribution < -0.4 is 5.32 Å². The molecule has 2 aromatic rings. The molecule has 0 aliphatic heterocycles. The molecule has 0 aromatic carbocycles. The van der Waals surface area contributed by atoms with E-state index in [9.17, 15) is 0 Å². The summed E-state index contributed by atoms with van der Waals surface area (Å²) in [7, 11) is 0. The zero-order chi connectivity index (χ0) is 13.2. The molecule has 1 aliphatic carbocycles. The summed E-state index contributed by atoms with van der Waals surface area (Å²) in [6, 6.07) is 5.28. The Morgan fingerprint density at radius 3 is 2.74 bits per heavy atom. The molecular weight excluding hydrogens is 270 g/mol. The highest BCUT2D eigenvalue weighted by Crippen LogP contribution is 2.41. The average Bonchev–Trinajstić information content (AvgIpc) is 2.98. The summed E-state index contributed by atoms with van der Waals surface area (Å²) in [6.45, 7) is 5.70. The lowest BCUT2D eigenvalue weighted by Crippen LogP contribution is -2.30. The maximum absolute atomic E-state index is 3.75. The maximum atomic E-state index is 3.75. The summed E-state index contributed by atoms with van der Waals surface area (Å²) >= 11 is 3.87. The Hall–Kier alpha value is -0.380. The SMILES string of the molecule is CCNC(c1cc2sccc2s1)C1CCC(C)CC1. The zero-order valence-corrected chi connectivity index (χ0v) is 13.4. The molecule has 2 heterocycles. The second kappa shape index (κ2) is 5.94. The van der Waals surface area contributed by atoms with Crippen molar-refractivity contribution in [3.05, 3.63) is 22.4 Å². The molecule has 19 heavy (non-hydrogen) atoms. The lowest BCUT2D eigenvalue weighted by molar-refractivity contribution is 0.235. The Bertz CT molecular complexity index is 491. The third-order valence-electron chi connectivity index (χ3n) is 4.42. The monoisotopic (exact) mass is 293 g/mol. The van der Waals surface area contributed by atoms with Crippen molar-refractivity contribution in [1.29, 1.82) is 0 Å². The van der Waals surface area contributed by atoms with Crippen LogP contribution in [-0.4, -0.2) is 6.54 Å². The fourth-order valence-electron chi connectivity index (χ4n) is 3.28. The normalized spacial score (nSPS) is 25.8. The first-order chi connectivity index (χ1) is 9.28. The summed E-state index contributed by atoms with van der Waals surface area (Å²) < 4.78 is 2.93. The van der Waals surface area contributed by atoms with Crippen molar-refractivity contribution in [1.82, 2.24) is 5.32 Å². The van der Waals surface area contributed by atoms with Crippen LogP contribution in [0.3, 0.4) is 0 Å². The van der Waals surface area contributed by atoms with Gasteiger partial charge in [0, 0.05) is 20.3 Å².